The molecule has 1 rings (SSSR count). The number of rotatable bonds is 6. The maximum absolute atomic E-state index is 12.7. The van der Waals surface area contributed by atoms with Crippen molar-refractivity contribution in [1.29, 1.82) is 0 Å². The molecule has 0 amide bonds. The molecule has 20 heavy (non-hydrogen) atoms. The van der Waals surface area contributed by atoms with Gasteiger partial charge in [0.05, 0.1) is 25.1 Å². The molecule has 110 valence electrons. The molecule has 0 fully saturated rings. The number of hydrogen-bond acceptors (Lipinski definition) is 6. The number of carbonyl (C=O) groups is 1. The Morgan fingerprint density at radius 3 is 2.65 bits per heavy atom. The molecule has 1 aromatic rings. The van der Waals surface area contributed by atoms with Crippen LogP contribution in [-0.4, -0.2) is 29.6 Å². The van der Waals surface area contributed by atoms with Crippen molar-refractivity contribution in [2.24, 2.45) is 0 Å². The van der Waals surface area contributed by atoms with Gasteiger partial charge in [0.2, 0.25) is 5.75 Å². The molecule has 0 atom stereocenters. The molecule has 0 aliphatic rings. The van der Waals surface area contributed by atoms with Crippen LogP contribution in [0.5, 0.6) is 5.75 Å². The van der Waals surface area contributed by atoms with Gasteiger partial charge in [-0.25, -0.2) is 13.8 Å². The molecule has 0 saturated heterocycles. The lowest BCUT2D eigenvalue weighted by atomic mass is 10.2. The van der Waals surface area contributed by atoms with Crippen molar-refractivity contribution in [2.45, 2.75) is 19.8 Å². The lowest BCUT2D eigenvalue weighted by Crippen LogP contribution is -2.12. The SMILES string of the molecule is CCOC(=O)Cc1nc(C(F)F)cc(OC)c1[N+](=O)[O-]. The van der Waals surface area contributed by atoms with Gasteiger partial charge in [-0.15, -0.1) is 0 Å². The van der Waals surface area contributed by atoms with E-state index < -0.39 is 40.8 Å². The second-order valence-corrected chi connectivity index (χ2v) is 3.58. The third-order valence-corrected chi connectivity index (χ3v) is 2.29. The molecule has 0 unspecified atom stereocenters. The second kappa shape index (κ2) is 6.73. The number of aromatic nitrogens is 1. The summed E-state index contributed by atoms with van der Waals surface area (Å²) in [5.74, 6) is -1.17. The molecule has 0 bridgehead atoms. The summed E-state index contributed by atoms with van der Waals surface area (Å²) >= 11 is 0. The van der Waals surface area contributed by atoms with Crippen molar-refractivity contribution in [3.63, 3.8) is 0 Å². The van der Waals surface area contributed by atoms with Gasteiger partial charge in [0.25, 0.3) is 6.43 Å². The number of hydrogen-bond donors (Lipinski definition) is 0. The highest BCUT2D eigenvalue weighted by Crippen LogP contribution is 2.33. The largest absolute Gasteiger partial charge is 0.490 e. The number of halogens is 2. The Kier molecular flexibility index (Phi) is 5.30. The zero-order valence-corrected chi connectivity index (χ0v) is 10.8. The Labute approximate surface area is 112 Å². The Balaban J connectivity index is 3.32. The fourth-order valence-electron chi connectivity index (χ4n) is 1.52. The molecule has 1 aromatic heterocycles. The van der Waals surface area contributed by atoms with Crippen LogP contribution in [0.1, 0.15) is 24.7 Å². The van der Waals surface area contributed by atoms with Gasteiger partial charge in [-0.05, 0) is 6.92 Å². The lowest BCUT2D eigenvalue weighted by molar-refractivity contribution is -0.386. The van der Waals surface area contributed by atoms with Gasteiger partial charge < -0.3 is 9.47 Å². The van der Waals surface area contributed by atoms with Crippen molar-refractivity contribution in [1.82, 2.24) is 4.98 Å². The quantitative estimate of drug-likeness (QED) is 0.452. The summed E-state index contributed by atoms with van der Waals surface area (Å²) in [5, 5.41) is 11.0. The van der Waals surface area contributed by atoms with Gasteiger partial charge in [-0.1, -0.05) is 0 Å². The molecular weight excluding hydrogens is 278 g/mol. The van der Waals surface area contributed by atoms with E-state index in [1.165, 1.54) is 0 Å². The number of ether oxygens (including phenoxy) is 2. The number of carbonyl (C=O) groups excluding carboxylic acids is 1. The predicted molar refractivity (Wildman–Crippen MR) is 62.7 cm³/mol. The van der Waals surface area contributed by atoms with Crippen molar-refractivity contribution < 1.29 is 28.0 Å². The standard InChI is InChI=1S/C11H12F2N2O5/c1-3-20-9(16)5-6-10(15(17)18)8(19-2)4-7(14-6)11(12)13/h4,11H,3,5H2,1-2H3. The normalized spacial score (nSPS) is 10.4. The van der Waals surface area contributed by atoms with Crippen molar-refractivity contribution in [3.8, 4) is 5.75 Å². The summed E-state index contributed by atoms with van der Waals surface area (Å²) in [6.45, 7) is 1.62. The van der Waals surface area contributed by atoms with E-state index in [9.17, 15) is 23.7 Å². The van der Waals surface area contributed by atoms with Crippen LogP contribution in [0.4, 0.5) is 14.5 Å². The third-order valence-electron chi connectivity index (χ3n) is 2.29. The molecule has 0 saturated carbocycles. The van der Waals surface area contributed by atoms with Crippen LogP contribution in [0.25, 0.3) is 0 Å². The maximum Gasteiger partial charge on any atom is 0.332 e. The van der Waals surface area contributed by atoms with Gasteiger partial charge in [0.15, 0.2) is 0 Å². The molecule has 0 radical (unpaired) electrons. The van der Waals surface area contributed by atoms with Gasteiger partial charge in [-0.2, -0.15) is 0 Å². The monoisotopic (exact) mass is 290 g/mol. The van der Waals surface area contributed by atoms with Crippen LogP contribution in [0.15, 0.2) is 6.07 Å². The average molecular weight is 290 g/mol. The molecule has 7 nitrogen and oxygen atoms in total. The van der Waals surface area contributed by atoms with Crippen molar-refractivity contribution in [3.05, 3.63) is 27.6 Å². The van der Waals surface area contributed by atoms with Crippen LogP contribution >= 0.6 is 0 Å². The number of nitro groups is 1. The first kappa shape index (κ1) is 15.7. The van der Waals surface area contributed by atoms with E-state index in [1.54, 1.807) is 6.92 Å². The minimum absolute atomic E-state index is 0.0678. The van der Waals surface area contributed by atoms with Crippen molar-refractivity contribution in [2.75, 3.05) is 13.7 Å². The minimum Gasteiger partial charge on any atom is -0.490 e. The Bertz CT molecular complexity index is 522. The van der Waals surface area contributed by atoms with Gasteiger partial charge in [0.1, 0.15) is 11.4 Å². The summed E-state index contributed by atoms with van der Waals surface area (Å²) < 4.78 is 34.7. The van der Waals surface area contributed by atoms with E-state index in [0.29, 0.717) is 0 Å². The van der Waals surface area contributed by atoms with E-state index in [0.717, 1.165) is 13.2 Å². The van der Waals surface area contributed by atoms with E-state index in [2.05, 4.69) is 9.72 Å². The molecule has 0 aromatic carbocycles. The summed E-state index contributed by atoms with van der Waals surface area (Å²) in [6.07, 6.45) is -3.52. The van der Waals surface area contributed by atoms with Crippen LogP contribution in [-0.2, 0) is 16.0 Å². The minimum atomic E-state index is -2.94. The number of alkyl halides is 2. The Morgan fingerprint density at radius 2 is 2.20 bits per heavy atom. The molecule has 9 heteroatoms. The van der Waals surface area contributed by atoms with Gasteiger partial charge in [0, 0.05) is 6.07 Å². The molecule has 0 spiro atoms. The smallest absolute Gasteiger partial charge is 0.332 e. The summed E-state index contributed by atoms with van der Waals surface area (Å²) in [5.41, 5.74) is -1.74. The van der Waals surface area contributed by atoms with Crippen LogP contribution in [0, 0.1) is 10.1 Å². The zero-order chi connectivity index (χ0) is 15.3. The first-order valence-corrected chi connectivity index (χ1v) is 5.56. The van der Waals surface area contributed by atoms with E-state index in [1.807, 2.05) is 0 Å². The molecular formula is C11H12F2N2O5. The van der Waals surface area contributed by atoms with Crippen LogP contribution < -0.4 is 4.74 Å². The van der Waals surface area contributed by atoms with Gasteiger partial charge >= 0.3 is 11.7 Å². The Morgan fingerprint density at radius 1 is 1.55 bits per heavy atom. The number of pyridine rings is 1. The van der Waals surface area contributed by atoms with Crippen LogP contribution in [0.3, 0.4) is 0 Å². The molecule has 0 N–H and O–H groups in total. The molecule has 1 heterocycles. The average Bonchev–Trinajstić information content (AvgIpc) is 2.37. The van der Waals surface area contributed by atoms with E-state index in [4.69, 9.17) is 4.74 Å². The highest BCUT2D eigenvalue weighted by atomic mass is 19.3. The first-order valence-electron chi connectivity index (χ1n) is 5.56. The third kappa shape index (κ3) is 3.59. The van der Waals surface area contributed by atoms with E-state index >= 15 is 0 Å². The Hall–Kier alpha value is -2.32. The zero-order valence-electron chi connectivity index (χ0n) is 10.8. The highest BCUT2D eigenvalue weighted by Gasteiger charge is 2.27. The summed E-state index contributed by atoms with van der Waals surface area (Å²) in [7, 11) is 1.10. The first-order chi connectivity index (χ1) is 9.40. The molecule has 0 aliphatic heterocycles. The topological polar surface area (TPSA) is 91.6 Å². The van der Waals surface area contributed by atoms with E-state index in [-0.39, 0.29) is 12.4 Å². The second-order valence-electron chi connectivity index (χ2n) is 3.58. The number of nitrogens with zero attached hydrogens (tertiary/aromatic N) is 2. The fraction of sp³-hybridized carbons (Fsp3) is 0.455. The van der Waals surface area contributed by atoms with Gasteiger partial charge in [-0.3, -0.25) is 14.9 Å². The fourth-order valence-corrected chi connectivity index (χ4v) is 1.52. The maximum atomic E-state index is 12.7. The molecule has 0 aliphatic carbocycles. The lowest BCUT2D eigenvalue weighted by Gasteiger charge is -2.09. The summed E-state index contributed by atoms with van der Waals surface area (Å²) in [6, 6.07) is 0.775. The van der Waals surface area contributed by atoms with Crippen LogP contribution in [0.2, 0.25) is 0 Å². The predicted octanol–water partition coefficient (Wildman–Crippen LogP) is 2.04. The number of methoxy groups -OCH3 is 1. The summed E-state index contributed by atoms with van der Waals surface area (Å²) in [4.78, 5) is 24.9. The highest BCUT2D eigenvalue weighted by molar-refractivity contribution is 5.74. The number of esters is 1. The van der Waals surface area contributed by atoms with Crippen molar-refractivity contribution >= 4 is 11.7 Å².